The lowest BCUT2D eigenvalue weighted by Gasteiger charge is -2.02. The fraction of sp³-hybridized carbons (Fsp3) is 0.400. The molecule has 2 heterocycles. The fourth-order valence-electron chi connectivity index (χ4n) is 1.71. The monoisotopic (exact) mass is 190 g/mol. The van der Waals surface area contributed by atoms with E-state index in [4.69, 9.17) is 5.73 Å². The Kier molecular flexibility index (Phi) is 1.91. The van der Waals surface area contributed by atoms with E-state index in [1.165, 1.54) is 11.9 Å². The molecule has 74 valence electrons. The van der Waals surface area contributed by atoms with Gasteiger partial charge >= 0.3 is 0 Å². The van der Waals surface area contributed by atoms with Crippen LogP contribution in [0.25, 0.3) is 11.0 Å². The molecule has 0 saturated heterocycles. The molecule has 0 atom stereocenters. The van der Waals surface area contributed by atoms with Gasteiger partial charge in [0.2, 0.25) is 0 Å². The summed E-state index contributed by atoms with van der Waals surface area (Å²) in [5.41, 5.74) is 7.96. The lowest BCUT2D eigenvalue weighted by atomic mass is 10.0. The van der Waals surface area contributed by atoms with E-state index in [-0.39, 0.29) is 0 Å². The number of nitrogen functional groups attached to an aromatic ring is 1. The molecule has 4 heteroatoms. The van der Waals surface area contributed by atoms with E-state index < -0.39 is 0 Å². The number of nitrogens with zero attached hydrogens (tertiary/aromatic N) is 3. The zero-order valence-electron chi connectivity index (χ0n) is 8.65. The van der Waals surface area contributed by atoms with Crippen molar-refractivity contribution in [3.63, 3.8) is 0 Å². The lowest BCUT2D eigenvalue weighted by molar-refractivity contribution is 0.855. The molecule has 4 nitrogen and oxygen atoms in total. The summed E-state index contributed by atoms with van der Waals surface area (Å²) in [6, 6.07) is 0. The third-order valence-electron chi connectivity index (χ3n) is 2.43. The van der Waals surface area contributed by atoms with Crippen LogP contribution in [0.3, 0.4) is 0 Å². The van der Waals surface area contributed by atoms with Gasteiger partial charge in [-0.25, -0.2) is 9.97 Å². The van der Waals surface area contributed by atoms with Gasteiger partial charge in [0, 0.05) is 13.2 Å². The quantitative estimate of drug-likeness (QED) is 0.744. The Morgan fingerprint density at radius 2 is 2.07 bits per heavy atom. The first-order valence-corrected chi connectivity index (χ1v) is 4.66. The number of aromatic nitrogens is 3. The molecular weight excluding hydrogens is 176 g/mol. The Morgan fingerprint density at radius 3 is 2.71 bits per heavy atom. The highest BCUT2D eigenvalue weighted by molar-refractivity contribution is 5.90. The van der Waals surface area contributed by atoms with Gasteiger partial charge in [0.05, 0.1) is 5.39 Å². The van der Waals surface area contributed by atoms with Gasteiger partial charge in [-0.2, -0.15) is 0 Å². The van der Waals surface area contributed by atoms with Gasteiger partial charge in [0.15, 0.2) is 0 Å². The summed E-state index contributed by atoms with van der Waals surface area (Å²) in [6.45, 7) is 4.28. The molecule has 0 bridgehead atoms. The van der Waals surface area contributed by atoms with Crippen molar-refractivity contribution in [2.24, 2.45) is 7.05 Å². The molecule has 0 spiro atoms. The van der Waals surface area contributed by atoms with E-state index in [0.717, 1.165) is 11.0 Å². The second-order valence-electron chi connectivity index (χ2n) is 3.81. The standard InChI is InChI=1S/C10H14N4/c1-6(2)7-4-14(3)10-8(7)9(11)12-5-13-10/h4-6H,1-3H3,(H2,11,12,13). The minimum atomic E-state index is 0.437. The summed E-state index contributed by atoms with van der Waals surface area (Å²) in [7, 11) is 1.97. The van der Waals surface area contributed by atoms with Gasteiger partial charge in [0.1, 0.15) is 17.8 Å². The first kappa shape index (κ1) is 8.99. The molecule has 2 aromatic rings. The molecule has 0 amide bonds. The zero-order valence-corrected chi connectivity index (χ0v) is 8.65. The van der Waals surface area contributed by atoms with Gasteiger partial charge in [-0.15, -0.1) is 0 Å². The molecule has 14 heavy (non-hydrogen) atoms. The highest BCUT2D eigenvalue weighted by Gasteiger charge is 2.13. The SMILES string of the molecule is CC(C)c1cn(C)c2ncnc(N)c12. The summed E-state index contributed by atoms with van der Waals surface area (Å²) >= 11 is 0. The van der Waals surface area contributed by atoms with Crippen LogP contribution in [0.15, 0.2) is 12.5 Å². The normalized spacial score (nSPS) is 11.4. The third kappa shape index (κ3) is 1.14. The van der Waals surface area contributed by atoms with E-state index in [1.807, 2.05) is 11.6 Å². The van der Waals surface area contributed by atoms with Crippen LogP contribution in [0.2, 0.25) is 0 Å². The van der Waals surface area contributed by atoms with Crippen molar-refractivity contribution in [3.05, 3.63) is 18.1 Å². The van der Waals surface area contributed by atoms with Crippen LogP contribution in [0.4, 0.5) is 5.82 Å². The highest BCUT2D eigenvalue weighted by atomic mass is 15.0. The van der Waals surface area contributed by atoms with Crippen LogP contribution in [0, 0.1) is 0 Å². The van der Waals surface area contributed by atoms with E-state index in [9.17, 15) is 0 Å². The average molecular weight is 190 g/mol. The fourth-order valence-corrected chi connectivity index (χ4v) is 1.71. The van der Waals surface area contributed by atoms with Crippen LogP contribution in [-0.2, 0) is 7.05 Å². The maximum atomic E-state index is 5.84. The summed E-state index contributed by atoms with van der Waals surface area (Å²) in [4.78, 5) is 8.23. The van der Waals surface area contributed by atoms with Gasteiger partial charge in [0.25, 0.3) is 0 Å². The Labute approximate surface area is 82.8 Å². The second kappa shape index (κ2) is 2.97. The number of rotatable bonds is 1. The number of hydrogen-bond acceptors (Lipinski definition) is 3. The van der Waals surface area contributed by atoms with Crippen molar-refractivity contribution in [1.29, 1.82) is 0 Å². The first-order chi connectivity index (χ1) is 6.61. The Morgan fingerprint density at radius 1 is 1.36 bits per heavy atom. The van der Waals surface area contributed by atoms with E-state index in [0.29, 0.717) is 11.7 Å². The van der Waals surface area contributed by atoms with Gasteiger partial charge in [-0.1, -0.05) is 13.8 Å². The topological polar surface area (TPSA) is 56.7 Å². The molecule has 2 N–H and O–H groups in total. The van der Waals surface area contributed by atoms with E-state index in [1.54, 1.807) is 0 Å². The maximum absolute atomic E-state index is 5.84. The van der Waals surface area contributed by atoms with Crippen molar-refractivity contribution < 1.29 is 0 Å². The van der Waals surface area contributed by atoms with Crippen molar-refractivity contribution in [1.82, 2.24) is 14.5 Å². The number of hydrogen-bond donors (Lipinski definition) is 1. The number of aryl methyl sites for hydroxylation is 1. The predicted molar refractivity (Wildman–Crippen MR) is 57.0 cm³/mol. The first-order valence-electron chi connectivity index (χ1n) is 4.66. The molecule has 0 fully saturated rings. The molecule has 0 aromatic carbocycles. The molecule has 0 aliphatic carbocycles. The Hall–Kier alpha value is -1.58. The molecule has 2 rings (SSSR count). The Balaban J connectivity index is 2.86. The molecular formula is C10H14N4. The predicted octanol–water partition coefficient (Wildman–Crippen LogP) is 1.67. The Bertz CT molecular complexity index is 470. The molecule has 2 aromatic heterocycles. The highest BCUT2D eigenvalue weighted by Crippen LogP contribution is 2.28. The summed E-state index contributed by atoms with van der Waals surface area (Å²) in [6.07, 6.45) is 3.57. The largest absolute Gasteiger partial charge is 0.383 e. The lowest BCUT2D eigenvalue weighted by Crippen LogP contribution is -1.95. The van der Waals surface area contributed by atoms with Crippen LogP contribution >= 0.6 is 0 Å². The maximum Gasteiger partial charge on any atom is 0.145 e. The van der Waals surface area contributed by atoms with E-state index >= 15 is 0 Å². The molecule has 0 saturated carbocycles. The number of fused-ring (bicyclic) bond motifs is 1. The van der Waals surface area contributed by atoms with Crippen molar-refractivity contribution in [2.45, 2.75) is 19.8 Å². The van der Waals surface area contributed by atoms with Crippen molar-refractivity contribution >= 4 is 16.9 Å². The van der Waals surface area contributed by atoms with Gasteiger partial charge in [-0.3, -0.25) is 0 Å². The summed E-state index contributed by atoms with van der Waals surface area (Å²) < 4.78 is 1.99. The number of nitrogens with two attached hydrogens (primary N) is 1. The molecule has 0 aliphatic heterocycles. The van der Waals surface area contributed by atoms with E-state index in [2.05, 4.69) is 30.0 Å². The minimum Gasteiger partial charge on any atom is -0.383 e. The van der Waals surface area contributed by atoms with Crippen LogP contribution in [-0.4, -0.2) is 14.5 Å². The average Bonchev–Trinajstić information content (AvgIpc) is 2.46. The van der Waals surface area contributed by atoms with Gasteiger partial charge in [-0.05, 0) is 11.5 Å². The number of anilines is 1. The molecule has 0 unspecified atom stereocenters. The smallest absolute Gasteiger partial charge is 0.145 e. The summed E-state index contributed by atoms with van der Waals surface area (Å²) in [5.74, 6) is 1.01. The van der Waals surface area contributed by atoms with Crippen LogP contribution in [0.5, 0.6) is 0 Å². The van der Waals surface area contributed by atoms with Crippen molar-refractivity contribution in [3.8, 4) is 0 Å². The second-order valence-corrected chi connectivity index (χ2v) is 3.81. The van der Waals surface area contributed by atoms with Crippen molar-refractivity contribution in [2.75, 3.05) is 5.73 Å². The molecule has 0 aliphatic rings. The minimum absolute atomic E-state index is 0.437. The zero-order chi connectivity index (χ0) is 10.3. The van der Waals surface area contributed by atoms with Crippen LogP contribution < -0.4 is 5.73 Å². The van der Waals surface area contributed by atoms with Crippen LogP contribution in [0.1, 0.15) is 25.3 Å². The molecule has 0 radical (unpaired) electrons. The summed E-state index contributed by atoms with van der Waals surface area (Å²) in [5, 5.41) is 0.991. The third-order valence-corrected chi connectivity index (χ3v) is 2.43. The van der Waals surface area contributed by atoms with Gasteiger partial charge < -0.3 is 10.3 Å².